The SMILES string of the molecule is COc1ccc(S(=O)(=O)N(CC(=O)N/N=C(/C)c2cccc(NC(=O)c3cccc(Cl)c3)c2)c2ccc(C)cc2)cc1OC. The van der Waals surface area contributed by atoms with E-state index in [0.717, 1.165) is 9.87 Å². The summed E-state index contributed by atoms with van der Waals surface area (Å²) in [7, 11) is -1.36. The zero-order valence-electron chi connectivity index (χ0n) is 24.5. The minimum Gasteiger partial charge on any atom is -0.493 e. The van der Waals surface area contributed by atoms with Gasteiger partial charge in [-0.1, -0.05) is 47.5 Å². The van der Waals surface area contributed by atoms with Crippen LogP contribution in [-0.4, -0.2) is 46.7 Å². The molecule has 0 saturated carbocycles. The van der Waals surface area contributed by atoms with Crippen LogP contribution >= 0.6 is 11.6 Å². The predicted molar refractivity (Wildman–Crippen MR) is 171 cm³/mol. The van der Waals surface area contributed by atoms with Crippen molar-refractivity contribution in [2.24, 2.45) is 5.10 Å². The second kappa shape index (κ2) is 14.1. The maximum Gasteiger partial charge on any atom is 0.264 e. The monoisotopic (exact) mass is 634 g/mol. The third-order valence-electron chi connectivity index (χ3n) is 6.53. The number of nitrogens with zero attached hydrogens (tertiary/aromatic N) is 2. The second-order valence-corrected chi connectivity index (χ2v) is 11.9. The van der Waals surface area contributed by atoms with Gasteiger partial charge in [0.2, 0.25) is 0 Å². The molecule has 2 amide bonds. The molecule has 10 nitrogen and oxygen atoms in total. The van der Waals surface area contributed by atoms with Gasteiger partial charge in [0.1, 0.15) is 6.54 Å². The zero-order valence-corrected chi connectivity index (χ0v) is 26.1. The Morgan fingerprint density at radius 1 is 0.864 bits per heavy atom. The van der Waals surface area contributed by atoms with Gasteiger partial charge < -0.3 is 14.8 Å². The van der Waals surface area contributed by atoms with Crippen LogP contribution in [0.1, 0.15) is 28.4 Å². The topological polar surface area (TPSA) is 126 Å². The number of hydrogen-bond donors (Lipinski definition) is 2. The molecule has 12 heteroatoms. The average molecular weight is 635 g/mol. The number of anilines is 2. The molecule has 0 aliphatic heterocycles. The fraction of sp³-hybridized carbons (Fsp3) is 0.156. The first-order chi connectivity index (χ1) is 21.0. The van der Waals surface area contributed by atoms with E-state index in [1.54, 1.807) is 79.7 Å². The van der Waals surface area contributed by atoms with E-state index in [0.29, 0.717) is 39.0 Å². The van der Waals surface area contributed by atoms with Crippen molar-refractivity contribution in [3.05, 3.63) is 113 Å². The molecular weight excluding hydrogens is 604 g/mol. The van der Waals surface area contributed by atoms with E-state index in [9.17, 15) is 18.0 Å². The Kier molecular flexibility index (Phi) is 10.2. The van der Waals surface area contributed by atoms with E-state index in [1.807, 2.05) is 6.92 Å². The molecule has 0 bridgehead atoms. The van der Waals surface area contributed by atoms with E-state index < -0.39 is 22.5 Å². The van der Waals surface area contributed by atoms with Gasteiger partial charge in [0.25, 0.3) is 21.8 Å². The molecule has 44 heavy (non-hydrogen) atoms. The summed E-state index contributed by atoms with van der Waals surface area (Å²) >= 11 is 5.99. The van der Waals surface area contributed by atoms with Crippen LogP contribution in [0.5, 0.6) is 11.5 Å². The number of ether oxygens (including phenoxy) is 2. The van der Waals surface area contributed by atoms with Crippen LogP contribution in [0.25, 0.3) is 0 Å². The van der Waals surface area contributed by atoms with Crippen LogP contribution in [0.15, 0.2) is 101 Å². The van der Waals surface area contributed by atoms with E-state index in [1.165, 1.54) is 32.4 Å². The summed E-state index contributed by atoms with van der Waals surface area (Å²) in [6.45, 7) is 3.00. The first-order valence-corrected chi connectivity index (χ1v) is 15.2. The number of sulfonamides is 1. The zero-order chi connectivity index (χ0) is 31.9. The number of carbonyl (C=O) groups excluding carboxylic acids is 2. The van der Waals surface area contributed by atoms with Gasteiger partial charge in [-0.15, -0.1) is 0 Å². The molecule has 0 aromatic heterocycles. The molecule has 0 heterocycles. The molecule has 0 fully saturated rings. The normalized spacial score (nSPS) is 11.4. The number of halogens is 1. The molecule has 4 rings (SSSR count). The highest BCUT2D eigenvalue weighted by Gasteiger charge is 2.28. The fourth-order valence-electron chi connectivity index (χ4n) is 4.16. The molecule has 0 unspecified atom stereocenters. The lowest BCUT2D eigenvalue weighted by atomic mass is 10.1. The predicted octanol–water partition coefficient (Wildman–Crippen LogP) is 5.65. The van der Waals surface area contributed by atoms with Crippen LogP contribution in [0.2, 0.25) is 5.02 Å². The van der Waals surface area contributed by atoms with E-state index in [4.69, 9.17) is 21.1 Å². The molecule has 0 aliphatic carbocycles. The van der Waals surface area contributed by atoms with E-state index in [-0.39, 0.29) is 16.6 Å². The van der Waals surface area contributed by atoms with Crippen LogP contribution in [-0.2, 0) is 14.8 Å². The number of carbonyl (C=O) groups is 2. The Bertz CT molecular complexity index is 1810. The van der Waals surface area contributed by atoms with Crippen LogP contribution in [0.4, 0.5) is 11.4 Å². The van der Waals surface area contributed by atoms with Gasteiger partial charge in [0, 0.05) is 22.3 Å². The van der Waals surface area contributed by atoms with Gasteiger partial charge in [-0.3, -0.25) is 13.9 Å². The molecule has 0 radical (unpaired) electrons. The Morgan fingerprint density at radius 3 is 2.23 bits per heavy atom. The van der Waals surface area contributed by atoms with Crippen LogP contribution in [0, 0.1) is 6.92 Å². The van der Waals surface area contributed by atoms with Crippen LogP contribution < -0.4 is 24.5 Å². The number of hydrazone groups is 1. The van der Waals surface area contributed by atoms with Gasteiger partial charge in [-0.05, 0) is 74.0 Å². The number of nitrogens with one attached hydrogen (secondary N) is 2. The lowest BCUT2D eigenvalue weighted by Gasteiger charge is -2.24. The van der Waals surface area contributed by atoms with Crippen molar-refractivity contribution in [2.45, 2.75) is 18.7 Å². The van der Waals surface area contributed by atoms with Crippen molar-refractivity contribution in [1.29, 1.82) is 0 Å². The standard InChI is InChI=1S/C32H31ClN4O6S/c1-21-11-13-27(14-12-21)37(44(40,41)28-15-16-29(42-3)30(19-28)43-4)20-31(38)36-35-22(2)23-7-6-10-26(18-23)34-32(39)24-8-5-9-25(33)17-24/h5-19H,20H2,1-4H3,(H,34,39)(H,36,38)/b35-22-. The van der Waals surface area contributed by atoms with Gasteiger partial charge in [0.05, 0.1) is 30.5 Å². The van der Waals surface area contributed by atoms with Crippen molar-refractivity contribution in [1.82, 2.24) is 5.43 Å². The lowest BCUT2D eigenvalue weighted by Crippen LogP contribution is -2.39. The minimum atomic E-state index is -4.21. The number of rotatable bonds is 11. The first kappa shape index (κ1) is 32.1. The molecule has 0 saturated heterocycles. The van der Waals surface area contributed by atoms with Gasteiger partial charge in [-0.25, -0.2) is 13.8 Å². The Labute approximate surface area is 261 Å². The number of amides is 2. The summed E-state index contributed by atoms with van der Waals surface area (Å²) < 4.78 is 39.1. The van der Waals surface area contributed by atoms with Crippen LogP contribution in [0.3, 0.4) is 0 Å². The largest absolute Gasteiger partial charge is 0.493 e. The lowest BCUT2D eigenvalue weighted by molar-refractivity contribution is -0.119. The summed E-state index contributed by atoms with van der Waals surface area (Å²) in [5.41, 5.74) is 5.64. The van der Waals surface area contributed by atoms with Gasteiger partial charge in [0.15, 0.2) is 11.5 Å². The summed E-state index contributed by atoms with van der Waals surface area (Å²) in [6, 6.07) is 24.5. The Balaban J connectivity index is 1.53. The van der Waals surface area contributed by atoms with Crippen molar-refractivity contribution < 1.29 is 27.5 Å². The Hall–Kier alpha value is -4.87. The van der Waals surface area contributed by atoms with Crippen molar-refractivity contribution in [3.8, 4) is 11.5 Å². The molecule has 228 valence electrons. The molecule has 0 spiro atoms. The maximum atomic E-state index is 13.8. The molecule has 2 N–H and O–H groups in total. The maximum absolute atomic E-state index is 13.8. The number of hydrogen-bond acceptors (Lipinski definition) is 7. The third kappa shape index (κ3) is 7.74. The number of benzene rings is 4. The highest BCUT2D eigenvalue weighted by Crippen LogP contribution is 2.32. The summed E-state index contributed by atoms with van der Waals surface area (Å²) in [6.07, 6.45) is 0. The summed E-state index contributed by atoms with van der Waals surface area (Å²) in [5, 5.41) is 7.44. The highest BCUT2D eigenvalue weighted by molar-refractivity contribution is 7.92. The first-order valence-electron chi connectivity index (χ1n) is 13.3. The van der Waals surface area contributed by atoms with Crippen molar-refractivity contribution >= 4 is 50.5 Å². The fourth-order valence-corrected chi connectivity index (χ4v) is 5.79. The third-order valence-corrected chi connectivity index (χ3v) is 8.53. The molecule has 0 atom stereocenters. The molecule has 0 aliphatic rings. The van der Waals surface area contributed by atoms with Crippen molar-refractivity contribution in [3.63, 3.8) is 0 Å². The van der Waals surface area contributed by atoms with Gasteiger partial charge in [-0.2, -0.15) is 5.10 Å². The number of aryl methyl sites for hydroxylation is 1. The highest BCUT2D eigenvalue weighted by atomic mass is 35.5. The van der Waals surface area contributed by atoms with Crippen molar-refractivity contribution in [2.75, 3.05) is 30.4 Å². The molecule has 4 aromatic carbocycles. The van der Waals surface area contributed by atoms with Gasteiger partial charge >= 0.3 is 0 Å². The number of methoxy groups -OCH3 is 2. The molecular formula is C32H31ClN4O6S. The molecule has 4 aromatic rings. The smallest absolute Gasteiger partial charge is 0.264 e. The summed E-state index contributed by atoms with van der Waals surface area (Å²) in [5.74, 6) is -0.407. The Morgan fingerprint density at radius 2 is 1.55 bits per heavy atom. The van der Waals surface area contributed by atoms with E-state index >= 15 is 0 Å². The summed E-state index contributed by atoms with van der Waals surface area (Å²) in [4.78, 5) is 25.6. The second-order valence-electron chi connectivity index (χ2n) is 9.64. The minimum absolute atomic E-state index is 0.0835. The quantitative estimate of drug-likeness (QED) is 0.162. The van der Waals surface area contributed by atoms with E-state index in [2.05, 4.69) is 15.8 Å². The average Bonchev–Trinajstić information content (AvgIpc) is 3.02.